The summed E-state index contributed by atoms with van der Waals surface area (Å²) in [4.78, 5) is 4.00. The van der Waals surface area contributed by atoms with Crippen LogP contribution in [-0.4, -0.2) is 31.1 Å². The van der Waals surface area contributed by atoms with Gasteiger partial charge in [-0.3, -0.25) is 4.90 Å². The first kappa shape index (κ1) is 14.0. The third-order valence-electron chi connectivity index (χ3n) is 3.92. The van der Waals surface area contributed by atoms with Crippen molar-refractivity contribution in [2.24, 2.45) is 5.92 Å². The van der Waals surface area contributed by atoms with Crippen molar-refractivity contribution >= 4 is 11.3 Å². The van der Waals surface area contributed by atoms with Gasteiger partial charge >= 0.3 is 0 Å². The fourth-order valence-corrected chi connectivity index (χ4v) is 3.48. The van der Waals surface area contributed by atoms with Crippen LogP contribution in [0.25, 0.3) is 0 Å². The van der Waals surface area contributed by atoms with Crippen molar-refractivity contribution in [2.75, 3.05) is 26.2 Å². The average Bonchev–Trinajstić information content (AvgIpc) is 3.06. The second kappa shape index (κ2) is 7.93. The van der Waals surface area contributed by atoms with Crippen LogP contribution in [0.15, 0.2) is 17.5 Å². The molecule has 0 amide bonds. The molecule has 0 unspecified atom stereocenters. The molecular formula is C15H26N2S. The third-order valence-corrected chi connectivity index (χ3v) is 4.78. The Bertz CT molecular complexity index is 304. The van der Waals surface area contributed by atoms with Crippen LogP contribution >= 0.6 is 11.3 Å². The average molecular weight is 266 g/mol. The Labute approximate surface area is 115 Å². The van der Waals surface area contributed by atoms with Crippen molar-refractivity contribution in [1.82, 2.24) is 10.2 Å². The van der Waals surface area contributed by atoms with Gasteiger partial charge in [0.1, 0.15) is 0 Å². The monoisotopic (exact) mass is 266 g/mol. The normalized spacial score (nSPS) is 16.8. The highest BCUT2D eigenvalue weighted by molar-refractivity contribution is 7.09. The van der Waals surface area contributed by atoms with Crippen LogP contribution in [0.4, 0.5) is 0 Å². The maximum Gasteiger partial charge on any atom is 0.0328 e. The molecule has 0 saturated heterocycles. The number of thiophene rings is 1. The highest BCUT2D eigenvalue weighted by atomic mass is 32.1. The molecule has 0 bridgehead atoms. The molecule has 2 rings (SSSR count). The summed E-state index contributed by atoms with van der Waals surface area (Å²) in [5, 5.41) is 5.80. The highest BCUT2D eigenvalue weighted by Crippen LogP contribution is 2.23. The minimum Gasteiger partial charge on any atom is -0.315 e. The molecule has 18 heavy (non-hydrogen) atoms. The second-order valence-electron chi connectivity index (χ2n) is 5.30. The van der Waals surface area contributed by atoms with Crippen LogP contribution < -0.4 is 5.32 Å². The molecule has 1 aliphatic rings. The van der Waals surface area contributed by atoms with E-state index < -0.39 is 0 Å². The van der Waals surface area contributed by atoms with Crippen LogP contribution in [0.2, 0.25) is 0 Å². The van der Waals surface area contributed by atoms with Crippen molar-refractivity contribution in [3.63, 3.8) is 0 Å². The molecule has 0 spiro atoms. The van der Waals surface area contributed by atoms with E-state index in [1.165, 1.54) is 43.6 Å². The number of hydrogen-bond acceptors (Lipinski definition) is 3. The van der Waals surface area contributed by atoms with Gasteiger partial charge in [0, 0.05) is 24.5 Å². The molecule has 2 nitrogen and oxygen atoms in total. The molecule has 1 heterocycles. The van der Waals surface area contributed by atoms with Crippen molar-refractivity contribution in [3.8, 4) is 0 Å². The molecule has 1 N–H and O–H groups in total. The van der Waals surface area contributed by atoms with E-state index in [1.807, 2.05) is 11.3 Å². The summed E-state index contributed by atoms with van der Waals surface area (Å²) in [6.07, 6.45) is 5.79. The van der Waals surface area contributed by atoms with Crippen LogP contribution in [0.3, 0.4) is 0 Å². The summed E-state index contributed by atoms with van der Waals surface area (Å²) < 4.78 is 0. The number of nitrogens with zero attached hydrogens (tertiary/aromatic N) is 1. The summed E-state index contributed by atoms with van der Waals surface area (Å²) in [7, 11) is 0. The fraction of sp³-hybridized carbons (Fsp3) is 0.733. The Hall–Kier alpha value is -0.380. The van der Waals surface area contributed by atoms with Crippen LogP contribution in [0, 0.1) is 5.92 Å². The van der Waals surface area contributed by atoms with Gasteiger partial charge in [0.25, 0.3) is 0 Å². The predicted octanol–water partition coefficient (Wildman–Crippen LogP) is 3.35. The lowest BCUT2D eigenvalue weighted by Gasteiger charge is -2.20. The third kappa shape index (κ3) is 4.71. The second-order valence-corrected chi connectivity index (χ2v) is 6.33. The molecule has 3 heteroatoms. The van der Waals surface area contributed by atoms with Crippen molar-refractivity contribution in [1.29, 1.82) is 0 Å². The minimum absolute atomic E-state index is 0.956. The number of nitrogens with one attached hydrogen (secondary N) is 1. The van der Waals surface area contributed by atoms with Gasteiger partial charge in [0.15, 0.2) is 0 Å². The van der Waals surface area contributed by atoms with E-state index in [2.05, 4.69) is 34.7 Å². The first-order valence-corrected chi connectivity index (χ1v) is 8.22. The van der Waals surface area contributed by atoms with Gasteiger partial charge in [-0.05, 0) is 43.3 Å². The van der Waals surface area contributed by atoms with Gasteiger partial charge in [-0.25, -0.2) is 0 Å². The first-order chi connectivity index (χ1) is 8.88. The SMILES string of the molecule is CCN(CCNCC1CCCC1)Cc1cccs1. The van der Waals surface area contributed by atoms with E-state index in [9.17, 15) is 0 Å². The molecule has 0 radical (unpaired) electrons. The number of hydrogen-bond donors (Lipinski definition) is 1. The molecule has 102 valence electrons. The first-order valence-electron chi connectivity index (χ1n) is 7.34. The Morgan fingerprint density at radius 3 is 2.89 bits per heavy atom. The zero-order valence-corrected chi connectivity index (χ0v) is 12.3. The summed E-state index contributed by atoms with van der Waals surface area (Å²) in [6, 6.07) is 4.38. The van der Waals surface area contributed by atoms with Gasteiger partial charge in [0.05, 0.1) is 0 Å². The van der Waals surface area contributed by atoms with Gasteiger partial charge < -0.3 is 5.32 Å². The smallest absolute Gasteiger partial charge is 0.0328 e. The van der Waals surface area contributed by atoms with Crippen LogP contribution in [0.5, 0.6) is 0 Å². The zero-order chi connectivity index (χ0) is 12.6. The minimum atomic E-state index is 0.956. The van der Waals surface area contributed by atoms with Gasteiger partial charge in [-0.1, -0.05) is 25.8 Å². The quantitative estimate of drug-likeness (QED) is 0.726. The molecule has 0 atom stereocenters. The predicted molar refractivity (Wildman–Crippen MR) is 80.1 cm³/mol. The van der Waals surface area contributed by atoms with E-state index in [-0.39, 0.29) is 0 Å². The van der Waals surface area contributed by atoms with Crippen LogP contribution in [0.1, 0.15) is 37.5 Å². The maximum atomic E-state index is 3.63. The lowest BCUT2D eigenvalue weighted by atomic mass is 10.1. The molecule has 0 aliphatic heterocycles. The zero-order valence-electron chi connectivity index (χ0n) is 11.5. The largest absolute Gasteiger partial charge is 0.315 e. The summed E-state index contributed by atoms with van der Waals surface area (Å²) >= 11 is 1.86. The van der Waals surface area contributed by atoms with Crippen molar-refractivity contribution in [3.05, 3.63) is 22.4 Å². The molecule has 1 aromatic rings. The van der Waals surface area contributed by atoms with E-state index in [0.29, 0.717) is 0 Å². The van der Waals surface area contributed by atoms with Gasteiger partial charge in [-0.2, -0.15) is 0 Å². The molecule has 1 aromatic heterocycles. The lowest BCUT2D eigenvalue weighted by molar-refractivity contribution is 0.279. The highest BCUT2D eigenvalue weighted by Gasteiger charge is 2.14. The topological polar surface area (TPSA) is 15.3 Å². The Morgan fingerprint density at radius 1 is 1.39 bits per heavy atom. The van der Waals surface area contributed by atoms with Crippen molar-refractivity contribution < 1.29 is 0 Å². The van der Waals surface area contributed by atoms with E-state index in [1.54, 1.807) is 0 Å². The van der Waals surface area contributed by atoms with Crippen LogP contribution in [-0.2, 0) is 6.54 Å². The molecular weight excluding hydrogens is 240 g/mol. The summed E-state index contributed by atoms with van der Waals surface area (Å²) in [5.74, 6) is 0.956. The lowest BCUT2D eigenvalue weighted by Crippen LogP contribution is -2.33. The fourth-order valence-electron chi connectivity index (χ4n) is 2.73. The standard InChI is InChI=1S/C15H26N2S/c1-2-17(13-15-8-5-11-18-15)10-9-16-12-14-6-3-4-7-14/h5,8,11,14,16H,2-4,6-7,9-10,12-13H2,1H3. The van der Waals surface area contributed by atoms with E-state index in [4.69, 9.17) is 0 Å². The van der Waals surface area contributed by atoms with E-state index >= 15 is 0 Å². The summed E-state index contributed by atoms with van der Waals surface area (Å²) in [5.41, 5.74) is 0. The van der Waals surface area contributed by atoms with Gasteiger partial charge in [-0.15, -0.1) is 11.3 Å². The molecule has 1 fully saturated rings. The van der Waals surface area contributed by atoms with Gasteiger partial charge in [0.2, 0.25) is 0 Å². The molecule has 0 aromatic carbocycles. The van der Waals surface area contributed by atoms with E-state index in [0.717, 1.165) is 25.6 Å². The Kier molecular flexibility index (Phi) is 6.18. The maximum absolute atomic E-state index is 3.63. The number of likely N-dealkylation sites (N-methyl/N-ethyl adjacent to an activating group) is 1. The molecule has 1 aliphatic carbocycles. The summed E-state index contributed by atoms with van der Waals surface area (Å²) in [6.45, 7) is 8.04. The Balaban J connectivity index is 1.58. The van der Waals surface area contributed by atoms with Crippen molar-refractivity contribution in [2.45, 2.75) is 39.2 Å². The Morgan fingerprint density at radius 2 is 2.22 bits per heavy atom. The number of rotatable bonds is 8. The molecule has 1 saturated carbocycles.